The van der Waals surface area contributed by atoms with Crippen LogP contribution in [0, 0.1) is 46.3 Å². The van der Waals surface area contributed by atoms with Crippen molar-refractivity contribution in [2.24, 2.45) is 46.3 Å². The highest BCUT2D eigenvalue weighted by molar-refractivity contribution is 5.81. The molecule has 0 aromatic heterocycles. The lowest BCUT2D eigenvalue weighted by atomic mass is 9.47. The Bertz CT molecular complexity index is 1510. The van der Waals surface area contributed by atoms with Crippen LogP contribution in [0.1, 0.15) is 200 Å². The van der Waals surface area contributed by atoms with Crippen molar-refractivity contribution in [3.05, 3.63) is 11.6 Å². The second-order valence-corrected chi connectivity index (χ2v) is 24.0. The maximum Gasteiger partial charge on any atom is 0.408 e. The van der Waals surface area contributed by atoms with Crippen LogP contribution >= 0.6 is 0 Å². The van der Waals surface area contributed by atoms with Crippen molar-refractivity contribution in [2.45, 2.75) is 229 Å². The first-order valence-electron chi connectivity index (χ1n) is 24.2. The van der Waals surface area contributed by atoms with Gasteiger partial charge in [-0.15, -0.1) is 0 Å². The highest BCUT2D eigenvalue weighted by Gasteiger charge is 2.59. The van der Waals surface area contributed by atoms with Crippen molar-refractivity contribution in [2.75, 3.05) is 13.1 Å². The van der Waals surface area contributed by atoms with Gasteiger partial charge in [0.2, 0.25) is 5.91 Å². The molecule has 0 spiro atoms. The molecule has 3 amide bonds. The molecule has 0 unspecified atom stereocenters. The number of ether oxygens (including phenoxy) is 3. The van der Waals surface area contributed by atoms with Gasteiger partial charge in [0.1, 0.15) is 17.3 Å². The summed E-state index contributed by atoms with van der Waals surface area (Å²) in [6.07, 6.45) is 15.6. The summed E-state index contributed by atoms with van der Waals surface area (Å²) < 4.78 is 17.1. The quantitative estimate of drug-likeness (QED) is 0.0848. The summed E-state index contributed by atoms with van der Waals surface area (Å²) in [6, 6.07) is 0. The molecule has 3 fully saturated rings. The zero-order chi connectivity index (χ0) is 45.8. The van der Waals surface area contributed by atoms with Gasteiger partial charge in [-0.2, -0.15) is 0 Å². The minimum atomic E-state index is -0.671. The summed E-state index contributed by atoms with van der Waals surface area (Å²) in [5, 5.41) is 5.87. The molecule has 0 saturated heterocycles. The summed E-state index contributed by atoms with van der Waals surface area (Å²) in [4.78, 5) is 54.3. The molecule has 10 heteroatoms. The minimum Gasteiger partial charge on any atom is -0.462 e. The maximum atomic E-state index is 13.9. The Morgan fingerprint density at radius 1 is 0.754 bits per heavy atom. The van der Waals surface area contributed by atoms with Crippen LogP contribution in [0.2, 0.25) is 0 Å². The average molecular weight is 856 g/mol. The second-order valence-electron chi connectivity index (χ2n) is 24.0. The van der Waals surface area contributed by atoms with Crippen LogP contribution in [-0.2, 0) is 23.8 Å². The van der Waals surface area contributed by atoms with E-state index in [9.17, 15) is 19.2 Å². The molecule has 0 aromatic carbocycles. The smallest absolute Gasteiger partial charge is 0.408 e. The van der Waals surface area contributed by atoms with E-state index in [-0.39, 0.29) is 36.2 Å². The Labute approximate surface area is 371 Å². The van der Waals surface area contributed by atoms with Crippen molar-refractivity contribution < 1.29 is 33.4 Å². The number of allylic oxidation sites excluding steroid dienone is 1. The number of esters is 1. The van der Waals surface area contributed by atoms with Gasteiger partial charge in [0, 0.05) is 37.0 Å². The molecule has 2 N–H and O–H groups in total. The zero-order valence-corrected chi connectivity index (χ0v) is 41.4. The number of alkyl carbamates (subject to hydrolysis) is 2. The fraction of sp³-hybridized carbons (Fsp3) is 0.882. The molecule has 4 rings (SSSR count). The fourth-order valence-corrected chi connectivity index (χ4v) is 11.8. The number of carbonyl (C=O) groups excluding carboxylic acids is 4. The van der Waals surface area contributed by atoms with Crippen molar-refractivity contribution >= 4 is 24.1 Å². The lowest BCUT2D eigenvalue weighted by molar-refractivity contribution is -0.153. The summed E-state index contributed by atoms with van der Waals surface area (Å²) in [5.74, 6) is 4.21. The van der Waals surface area contributed by atoms with Crippen LogP contribution in [0.25, 0.3) is 0 Å². The number of hydrogen-bond acceptors (Lipinski definition) is 7. The molecule has 8 atom stereocenters. The molecule has 4 aliphatic rings. The van der Waals surface area contributed by atoms with E-state index >= 15 is 0 Å². The van der Waals surface area contributed by atoms with Crippen molar-refractivity contribution in [1.29, 1.82) is 0 Å². The number of amides is 3. The van der Waals surface area contributed by atoms with E-state index in [0.717, 1.165) is 55.3 Å². The highest BCUT2D eigenvalue weighted by atomic mass is 16.6. The Hall–Kier alpha value is -2.78. The standard InChI is InChI=1S/C51H89N3O7/c1-34(2)17-16-18-35(3)39-21-22-40-38-20-19-36-33-37(25-27-50(36,14)41(38)26-28-51(39,40)15)59-43(56)24-23-42(55)54(31-29-48(10,11)52-44(57)60-46(4,5)6)32-30-49(12,13)53-45(58)61-47(7,8)9/h19,34-35,37-41H,16-18,20-33H2,1-15H3,(H,52,57)(H,53,58)/t35-,37+,38+,39-,40+,41+,50+,51-/m1/s1. The largest absolute Gasteiger partial charge is 0.462 e. The van der Waals surface area contributed by atoms with Crippen LogP contribution in [-0.4, -0.2) is 70.4 Å². The molecule has 0 aromatic rings. The lowest BCUT2D eigenvalue weighted by Gasteiger charge is -2.58. The molecular weight excluding hydrogens is 767 g/mol. The third-order valence-electron chi connectivity index (χ3n) is 15.1. The first-order chi connectivity index (χ1) is 28.0. The Kier molecular flexibility index (Phi) is 16.6. The van der Waals surface area contributed by atoms with Crippen molar-refractivity contribution in [3.63, 3.8) is 0 Å². The molecule has 10 nitrogen and oxygen atoms in total. The molecule has 350 valence electrons. The topological polar surface area (TPSA) is 123 Å². The molecule has 4 aliphatic carbocycles. The first kappa shape index (κ1) is 50.9. The van der Waals surface area contributed by atoms with E-state index in [4.69, 9.17) is 14.2 Å². The van der Waals surface area contributed by atoms with Gasteiger partial charge < -0.3 is 29.7 Å². The summed E-state index contributed by atoms with van der Waals surface area (Å²) in [5.41, 5.74) is -0.500. The summed E-state index contributed by atoms with van der Waals surface area (Å²) in [6.45, 7) is 31.6. The second kappa shape index (κ2) is 19.9. The Morgan fingerprint density at radius 3 is 1.87 bits per heavy atom. The third kappa shape index (κ3) is 14.4. The summed E-state index contributed by atoms with van der Waals surface area (Å²) in [7, 11) is 0. The number of nitrogens with zero attached hydrogens (tertiary/aromatic N) is 1. The monoisotopic (exact) mass is 856 g/mol. The molecule has 0 heterocycles. The van der Waals surface area contributed by atoms with E-state index in [1.807, 2.05) is 69.2 Å². The predicted octanol–water partition coefficient (Wildman–Crippen LogP) is 11.9. The average Bonchev–Trinajstić information content (AvgIpc) is 3.45. The Morgan fingerprint density at radius 2 is 1.33 bits per heavy atom. The lowest BCUT2D eigenvalue weighted by Crippen LogP contribution is -2.51. The molecule has 3 saturated carbocycles. The highest BCUT2D eigenvalue weighted by Crippen LogP contribution is 2.67. The molecule has 0 aliphatic heterocycles. The van der Waals surface area contributed by atoms with E-state index in [1.165, 1.54) is 50.5 Å². The van der Waals surface area contributed by atoms with Crippen molar-refractivity contribution in [1.82, 2.24) is 15.5 Å². The van der Waals surface area contributed by atoms with Crippen LogP contribution < -0.4 is 10.6 Å². The SMILES string of the molecule is CC(C)CCC[C@@H](C)[C@H]1CC[C@H]2[C@@H]3CC=C4C[C@@H](OC(=O)CCC(=O)N(CCC(C)(C)NC(=O)OC(C)(C)C)CCC(C)(C)NC(=O)OC(C)(C)C)CC[C@]4(C)[C@H]3CC[C@]12C. The van der Waals surface area contributed by atoms with Crippen LogP contribution in [0.15, 0.2) is 11.6 Å². The number of nitrogens with one attached hydrogen (secondary N) is 2. The number of carbonyl (C=O) groups is 4. The van der Waals surface area contributed by atoms with Gasteiger partial charge in [-0.1, -0.05) is 65.5 Å². The number of hydrogen-bond donors (Lipinski definition) is 2. The molecular formula is C51H89N3O7. The fourth-order valence-electron chi connectivity index (χ4n) is 11.8. The Balaban J connectivity index is 1.34. The zero-order valence-electron chi connectivity index (χ0n) is 41.4. The van der Waals surface area contributed by atoms with Crippen LogP contribution in [0.4, 0.5) is 9.59 Å². The first-order valence-corrected chi connectivity index (χ1v) is 24.2. The maximum absolute atomic E-state index is 13.9. The molecule has 0 radical (unpaired) electrons. The van der Waals surface area contributed by atoms with Gasteiger partial charge in [0.15, 0.2) is 0 Å². The van der Waals surface area contributed by atoms with Gasteiger partial charge in [-0.25, -0.2) is 9.59 Å². The van der Waals surface area contributed by atoms with Gasteiger partial charge in [-0.3, -0.25) is 9.59 Å². The molecule has 61 heavy (non-hydrogen) atoms. The number of fused-ring (bicyclic) bond motifs is 5. The van der Waals surface area contributed by atoms with Gasteiger partial charge in [0.25, 0.3) is 0 Å². The van der Waals surface area contributed by atoms with E-state index in [0.29, 0.717) is 37.3 Å². The van der Waals surface area contributed by atoms with Crippen LogP contribution in [0.3, 0.4) is 0 Å². The van der Waals surface area contributed by atoms with E-state index in [2.05, 4.69) is 51.3 Å². The molecule has 0 bridgehead atoms. The third-order valence-corrected chi connectivity index (χ3v) is 15.1. The van der Waals surface area contributed by atoms with Crippen molar-refractivity contribution in [3.8, 4) is 0 Å². The normalized spacial score (nSPS) is 28.4. The predicted molar refractivity (Wildman–Crippen MR) is 245 cm³/mol. The summed E-state index contributed by atoms with van der Waals surface area (Å²) >= 11 is 0. The number of rotatable bonds is 17. The van der Waals surface area contributed by atoms with Gasteiger partial charge in [-0.05, 0) is 173 Å². The van der Waals surface area contributed by atoms with Gasteiger partial charge >= 0.3 is 18.2 Å². The van der Waals surface area contributed by atoms with Gasteiger partial charge in [0.05, 0.1) is 6.42 Å². The van der Waals surface area contributed by atoms with E-state index < -0.39 is 34.5 Å². The minimum absolute atomic E-state index is 0.00325. The van der Waals surface area contributed by atoms with E-state index in [1.54, 1.807) is 4.90 Å². The van der Waals surface area contributed by atoms with Crippen LogP contribution in [0.5, 0.6) is 0 Å².